The lowest BCUT2D eigenvalue weighted by Crippen LogP contribution is -2.37. The van der Waals surface area contributed by atoms with Crippen LogP contribution < -0.4 is 10.6 Å². The fraction of sp³-hybridized carbons (Fsp3) is 0.333. The van der Waals surface area contributed by atoms with E-state index in [0.29, 0.717) is 6.04 Å². The molecule has 1 aliphatic rings. The molecule has 6 heteroatoms. The molecule has 3 rings (SSSR count). The Balaban J connectivity index is 0.00000161. The van der Waals surface area contributed by atoms with Crippen LogP contribution in [0.4, 0.5) is 0 Å². The van der Waals surface area contributed by atoms with Crippen molar-refractivity contribution in [2.24, 2.45) is 4.99 Å². The number of aromatic nitrogens is 2. The topological polar surface area (TPSA) is 54.2 Å². The summed E-state index contributed by atoms with van der Waals surface area (Å²) in [6.07, 6.45) is 5.61. The van der Waals surface area contributed by atoms with Gasteiger partial charge in [0.2, 0.25) is 0 Å². The molecule has 1 aliphatic heterocycles. The highest BCUT2D eigenvalue weighted by Crippen LogP contribution is 2.07. The molecule has 0 aliphatic carbocycles. The minimum absolute atomic E-state index is 0. The lowest BCUT2D eigenvalue weighted by atomic mass is 10.1. The molecule has 1 aromatic heterocycles. The first kappa shape index (κ1) is 15.8. The highest BCUT2D eigenvalue weighted by atomic mass is 127. The minimum atomic E-state index is 0. The normalized spacial score (nSPS) is 16.8. The fourth-order valence-corrected chi connectivity index (χ4v) is 2.27. The highest BCUT2D eigenvalue weighted by Gasteiger charge is 2.11. The molecule has 2 aromatic rings. The van der Waals surface area contributed by atoms with Gasteiger partial charge in [-0.3, -0.25) is 4.99 Å². The molecule has 2 heterocycles. The number of aliphatic imine (C=N–C) groups is 1. The van der Waals surface area contributed by atoms with E-state index in [1.165, 1.54) is 11.1 Å². The largest absolute Gasteiger partial charge is 0.352 e. The van der Waals surface area contributed by atoms with Crippen molar-refractivity contribution in [3.8, 4) is 0 Å². The standard InChI is InChI=1S/C15H19N5.HI/c1-12-8-17-15(19-12)18-9-13-3-2-4-14(7-13)10-20-6-5-16-11-20;/h2-7,11-12H,8-10H2,1H3,(H2,17,18,19);1H. The van der Waals surface area contributed by atoms with Gasteiger partial charge >= 0.3 is 0 Å². The first-order valence-electron chi connectivity index (χ1n) is 6.88. The summed E-state index contributed by atoms with van der Waals surface area (Å²) in [5, 5.41) is 6.64. The third-order valence-electron chi connectivity index (χ3n) is 3.28. The van der Waals surface area contributed by atoms with Crippen LogP contribution in [0.3, 0.4) is 0 Å². The molecule has 1 unspecified atom stereocenters. The van der Waals surface area contributed by atoms with E-state index in [1.807, 2.05) is 12.5 Å². The number of nitrogens with zero attached hydrogens (tertiary/aromatic N) is 3. The van der Waals surface area contributed by atoms with Gasteiger partial charge in [-0.1, -0.05) is 24.3 Å². The molecule has 0 spiro atoms. The zero-order valence-corrected chi connectivity index (χ0v) is 14.3. The molecule has 112 valence electrons. The van der Waals surface area contributed by atoms with Crippen LogP contribution in [0.5, 0.6) is 0 Å². The van der Waals surface area contributed by atoms with Crippen molar-refractivity contribution in [1.82, 2.24) is 20.2 Å². The number of hydrogen-bond acceptors (Lipinski definition) is 4. The van der Waals surface area contributed by atoms with Gasteiger partial charge in [0.1, 0.15) is 0 Å². The Hall–Kier alpha value is -1.57. The van der Waals surface area contributed by atoms with Gasteiger partial charge in [-0.15, -0.1) is 24.0 Å². The maximum Gasteiger partial charge on any atom is 0.191 e. The molecule has 21 heavy (non-hydrogen) atoms. The second-order valence-electron chi connectivity index (χ2n) is 5.14. The maximum atomic E-state index is 4.40. The Morgan fingerprint density at radius 3 is 2.95 bits per heavy atom. The summed E-state index contributed by atoms with van der Waals surface area (Å²) in [5.41, 5.74) is 2.53. The van der Waals surface area contributed by atoms with Crippen LogP contribution in [0.1, 0.15) is 18.1 Å². The van der Waals surface area contributed by atoms with Crippen molar-refractivity contribution in [3.05, 3.63) is 54.1 Å². The smallest absolute Gasteiger partial charge is 0.191 e. The summed E-state index contributed by atoms with van der Waals surface area (Å²) in [6, 6.07) is 9.01. The van der Waals surface area contributed by atoms with Gasteiger partial charge < -0.3 is 15.2 Å². The van der Waals surface area contributed by atoms with E-state index in [2.05, 4.69) is 56.4 Å². The summed E-state index contributed by atoms with van der Waals surface area (Å²) in [5.74, 6) is 0.900. The van der Waals surface area contributed by atoms with Gasteiger partial charge in [-0.2, -0.15) is 0 Å². The van der Waals surface area contributed by atoms with E-state index in [4.69, 9.17) is 0 Å². The number of guanidine groups is 1. The van der Waals surface area contributed by atoms with Gasteiger partial charge in [0.05, 0.1) is 12.9 Å². The van der Waals surface area contributed by atoms with E-state index in [-0.39, 0.29) is 24.0 Å². The molecular weight excluding hydrogens is 377 g/mol. The van der Waals surface area contributed by atoms with E-state index in [1.54, 1.807) is 6.20 Å². The quantitative estimate of drug-likeness (QED) is 0.777. The summed E-state index contributed by atoms with van der Waals surface area (Å²) in [6.45, 7) is 4.62. The van der Waals surface area contributed by atoms with Crippen LogP contribution in [-0.4, -0.2) is 28.1 Å². The second-order valence-corrected chi connectivity index (χ2v) is 5.14. The van der Waals surface area contributed by atoms with Gasteiger partial charge in [-0.05, 0) is 18.1 Å². The molecule has 5 nitrogen and oxygen atoms in total. The monoisotopic (exact) mass is 397 g/mol. The van der Waals surface area contributed by atoms with Crippen LogP contribution in [0.25, 0.3) is 0 Å². The zero-order valence-electron chi connectivity index (χ0n) is 12.0. The molecule has 0 saturated carbocycles. The molecule has 1 aromatic carbocycles. The lowest BCUT2D eigenvalue weighted by molar-refractivity contribution is 0.713. The van der Waals surface area contributed by atoms with Crippen molar-refractivity contribution in [3.63, 3.8) is 0 Å². The minimum Gasteiger partial charge on any atom is -0.352 e. The number of benzene rings is 1. The predicted octanol–water partition coefficient (Wildman–Crippen LogP) is 1.99. The molecule has 0 radical (unpaired) electrons. The van der Waals surface area contributed by atoms with Crippen molar-refractivity contribution < 1.29 is 0 Å². The number of imidazole rings is 1. The fourth-order valence-electron chi connectivity index (χ4n) is 2.27. The number of halogens is 1. The second kappa shape index (κ2) is 7.44. The third kappa shape index (κ3) is 4.45. The summed E-state index contributed by atoms with van der Waals surface area (Å²) in [7, 11) is 0. The Morgan fingerprint density at radius 2 is 2.24 bits per heavy atom. The third-order valence-corrected chi connectivity index (χ3v) is 3.28. The SMILES string of the molecule is CC1CN=C(NCc2cccc(Cn3ccnc3)c2)N1.I. The summed E-state index contributed by atoms with van der Waals surface area (Å²) in [4.78, 5) is 8.46. The van der Waals surface area contributed by atoms with Crippen LogP contribution >= 0.6 is 24.0 Å². The Bertz CT molecular complexity index is 594. The van der Waals surface area contributed by atoms with Crippen LogP contribution in [0, 0.1) is 0 Å². The van der Waals surface area contributed by atoms with Crippen LogP contribution in [0.2, 0.25) is 0 Å². The van der Waals surface area contributed by atoms with Gasteiger partial charge in [0.15, 0.2) is 5.96 Å². The number of nitrogens with one attached hydrogen (secondary N) is 2. The first-order valence-corrected chi connectivity index (χ1v) is 6.88. The molecule has 0 amide bonds. The van der Waals surface area contributed by atoms with Gasteiger partial charge in [0, 0.05) is 31.5 Å². The summed E-state index contributed by atoms with van der Waals surface area (Å²) >= 11 is 0. The number of hydrogen-bond donors (Lipinski definition) is 2. The molecule has 0 bridgehead atoms. The number of rotatable bonds is 4. The van der Waals surface area contributed by atoms with Crippen molar-refractivity contribution >= 4 is 29.9 Å². The van der Waals surface area contributed by atoms with E-state index in [0.717, 1.165) is 25.6 Å². The van der Waals surface area contributed by atoms with Gasteiger partial charge in [0.25, 0.3) is 0 Å². The molecule has 0 fully saturated rings. The highest BCUT2D eigenvalue weighted by molar-refractivity contribution is 14.0. The van der Waals surface area contributed by atoms with E-state index in [9.17, 15) is 0 Å². The van der Waals surface area contributed by atoms with Crippen molar-refractivity contribution in [2.75, 3.05) is 6.54 Å². The van der Waals surface area contributed by atoms with Gasteiger partial charge in [-0.25, -0.2) is 4.98 Å². The predicted molar refractivity (Wildman–Crippen MR) is 94.9 cm³/mol. The first-order chi connectivity index (χ1) is 9.79. The van der Waals surface area contributed by atoms with Crippen LogP contribution in [-0.2, 0) is 13.1 Å². The molecule has 0 saturated heterocycles. The van der Waals surface area contributed by atoms with E-state index >= 15 is 0 Å². The average Bonchev–Trinajstić information content (AvgIpc) is 3.09. The Morgan fingerprint density at radius 1 is 1.38 bits per heavy atom. The average molecular weight is 397 g/mol. The zero-order chi connectivity index (χ0) is 13.8. The molecule has 1 atom stereocenters. The molecule has 2 N–H and O–H groups in total. The molecular formula is C15H20IN5. The van der Waals surface area contributed by atoms with E-state index < -0.39 is 0 Å². The van der Waals surface area contributed by atoms with Crippen LogP contribution in [0.15, 0.2) is 48.0 Å². The van der Waals surface area contributed by atoms with Crippen molar-refractivity contribution in [1.29, 1.82) is 0 Å². The maximum absolute atomic E-state index is 4.40. The Kier molecular flexibility index (Phi) is 5.60. The lowest BCUT2D eigenvalue weighted by Gasteiger charge is -2.10. The summed E-state index contributed by atoms with van der Waals surface area (Å²) < 4.78 is 2.07. The Labute approximate surface area is 141 Å². The van der Waals surface area contributed by atoms with Crippen molar-refractivity contribution in [2.45, 2.75) is 26.1 Å².